The van der Waals surface area contributed by atoms with Crippen LogP contribution in [0.5, 0.6) is 0 Å². The summed E-state index contributed by atoms with van der Waals surface area (Å²) < 4.78 is 11.4. The van der Waals surface area contributed by atoms with E-state index in [0.717, 1.165) is 16.8 Å². The fraction of sp³-hybridized carbons (Fsp3) is 0.222. The summed E-state index contributed by atoms with van der Waals surface area (Å²) in [6, 6.07) is 9.73. The second-order valence-corrected chi connectivity index (χ2v) is 6.72. The number of rotatable bonds is 7. The first-order valence-electron chi connectivity index (χ1n) is 8.28. The molecule has 3 aromatic rings. The van der Waals surface area contributed by atoms with Crippen LogP contribution < -0.4 is 11.1 Å². The maximum Gasteiger partial charge on any atom is 0.405 e. The van der Waals surface area contributed by atoms with Gasteiger partial charge >= 0.3 is 6.09 Å². The summed E-state index contributed by atoms with van der Waals surface area (Å²) in [6.45, 7) is -0.112. The minimum atomic E-state index is -1.15. The summed E-state index contributed by atoms with van der Waals surface area (Å²) in [7, 11) is 3.25. The Hall–Kier alpha value is -3.24. The highest BCUT2D eigenvalue weighted by atomic mass is 32.1. The molecule has 0 saturated carbocycles. The smallest absolute Gasteiger partial charge is 0.405 e. The van der Waals surface area contributed by atoms with Crippen LogP contribution in [0.15, 0.2) is 41.9 Å². The van der Waals surface area contributed by atoms with Crippen molar-refractivity contribution in [2.75, 3.05) is 19.0 Å². The number of carbonyl (C=O) groups excluding carboxylic acids is 2. The Bertz CT molecular complexity index is 984. The first-order valence-corrected chi connectivity index (χ1v) is 9.16. The molecule has 0 aliphatic carbocycles. The predicted octanol–water partition coefficient (Wildman–Crippen LogP) is 2.26. The van der Waals surface area contributed by atoms with Crippen molar-refractivity contribution >= 4 is 28.5 Å². The molecule has 1 aromatic carbocycles. The SMILES string of the molecule is COCC(OC(N)=O)C(=O)Nc1nc(-c2cccc(-c3ccn(C)n3)c2)cs1. The van der Waals surface area contributed by atoms with Gasteiger partial charge in [-0.05, 0) is 12.1 Å². The Morgan fingerprint density at radius 2 is 2.04 bits per heavy atom. The van der Waals surface area contributed by atoms with Crippen LogP contribution in [0.4, 0.5) is 9.93 Å². The second-order valence-electron chi connectivity index (χ2n) is 5.86. The van der Waals surface area contributed by atoms with E-state index in [1.165, 1.54) is 18.4 Å². The van der Waals surface area contributed by atoms with Gasteiger partial charge in [0, 0.05) is 36.9 Å². The van der Waals surface area contributed by atoms with Crippen molar-refractivity contribution in [1.29, 1.82) is 0 Å². The summed E-state index contributed by atoms with van der Waals surface area (Å²) in [5.74, 6) is -0.566. The lowest BCUT2D eigenvalue weighted by molar-refractivity contribution is -0.126. The molecule has 0 saturated heterocycles. The van der Waals surface area contributed by atoms with E-state index in [1.807, 2.05) is 49.0 Å². The van der Waals surface area contributed by atoms with E-state index >= 15 is 0 Å². The topological polar surface area (TPSA) is 121 Å². The zero-order chi connectivity index (χ0) is 20.1. The number of nitrogens with one attached hydrogen (secondary N) is 1. The minimum absolute atomic E-state index is 0.112. The highest BCUT2D eigenvalue weighted by Crippen LogP contribution is 2.28. The Labute approximate surface area is 165 Å². The number of primary amides is 1. The standard InChI is InChI=1S/C18H19N5O4S/c1-23-7-6-13(22-23)11-4-3-5-12(8-11)14-10-28-18(20-14)21-16(24)15(9-26-2)27-17(19)25/h3-8,10,15H,9H2,1-2H3,(H2,19,25)(H,20,21,24). The molecule has 146 valence electrons. The molecule has 0 aliphatic rings. The zero-order valence-electron chi connectivity index (χ0n) is 15.3. The number of nitrogens with zero attached hydrogens (tertiary/aromatic N) is 3. The van der Waals surface area contributed by atoms with Crippen molar-refractivity contribution in [3.8, 4) is 22.5 Å². The predicted molar refractivity (Wildman–Crippen MR) is 105 cm³/mol. The summed E-state index contributed by atoms with van der Waals surface area (Å²) >= 11 is 1.26. The molecule has 3 rings (SSSR count). The van der Waals surface area contributed by atoms with Crippen molar-refractivity contribution in [3.05, 3.63) is 41.9 Å². The average molecular weight is 401 g/mol. The normalized spacial score (nSPS) is 11.8. The molecule has 0 radical (unpaired) electrons. The van der Waals surface area contributed by atoms with Crippen LogP contribution in [-0.2, 0) is 21.3 Å². The average Bonchev–Trinajstić information content (AvgIpc) is 3.30. The molecule has 0 fully saturated rings. The zero-order valence-corrected chi connectivity index (χ0v) is 16.1. The molecular formula is C18H19N5O4S. The van der Waals surface area contributed by atoms with Gasteiger partial charge in [-0.2, -0.15) is 5.10 Å². The van der Waals surface area contributed by atoms with E-state index in [2.05, 4.69) is 15.4 Å². The molecule has 2 amide bonds. The van der Waals surface area contributed by atoms with E-state index < -0.39 is 18.1 Å². The molecule has 2 aromatic heterocycles. The van der Waals surface area contributed by atoms with Gasteiger partial charge in [0.25, 0.3) is 5.91 Å². The lowest BCUT2D eigenvalue weighted by Gasteiger charge is -2.14. The van der Waals surface area contributed by atoms with Crippen LogP contribution in [0, 0.1) is 0 Å². The third kappa shape index (κ3) is 4.72. The maximum atomic E-state index is 12.3. The molecule has 3 N–H and O–H groups in total. The van der Waals surface area contributed by atoms with Gasteiger partial charge in [-0.25, -0.2) is 9.78 Å². The summed E-state index contributed by atoms with van der Waals surface area (Å²) in [4.78, 5) is 27.6. The van der Waals surface area contributed by atoms with Crippen molar-refractivity contribution in [3.63, 3.8) is 0 Å². The number of hydrogen-bond acceptors (Lipinski definition) is 7. The Kier molecular flexibility index (Phi) is 6.02. The molecule has 28 heavy (non-hydrogen) atoms. The molecule has 10 heteroatoms. The van der Waals surface area contributed by atoms with E-state index in [4.69, 9.17) is 15.2 Å². The van der Waals surface area contributed by atoms with Gasteiger partial charge in [-0.3, -0.25) is 14.8 Å². The van der Waals surface area contributed by atoms with Crippen LogP contribution in [0.2, 0.25) is 0 Å². The maximum absolute atomic E-state index is 12.3. The Morgan fingerprint density at radius 1 is 1.29 bits per heavy atom. The number of anilines is 1. The monoisotopic (exact) mass is 401 g/mol. The van der Waals surface area contributed by atoms with Gasteiger partial charge in [0.15, 0.2) is 5.13 Å². The van der Waals surface area contributed by atoms with Gasteiger partial charge < -0.3 is 15.2 Å². The quantitative estimate of drug-likeness (QED) is 0.626. The number of aryl methyl sites for hydroxylation is 1. The number of amides is 2. The lowest BCUT2D eigenvalue weighted by Crippen LogP contribution is -2.37. The number of benzene rings is 1. The van der Waals surface area contributed by atoms with Gasteiger partial charge in [0.1, 0.15) is 0 Å². The molecule has 0 bridgehead atoms. The highest BCUT2D eigenvalue weighted by Gasteiger charge is 2.23. The van der Waals surface area contributed by atoms with Crippen LogP contribution >= 0.6 is 11.3 Å². The summed E-state index contributed by atoms with van der Waals surface area (Å²) in [6.07, 6.45) is -0.325. The number of nitrogens with two attached hydrogens (primary N) is 1. The van der Waals surface area contributed by atoms with Gasteiger partial charge in [0.05, 0.1) is 18.0 Å². The first kappa shape index (κ1) is 19.5. The number of ether oxygens (including phenoxy) is 2. The number of aromatic nitrogens is 3. The summed E-state index contributed by atoms with van der Waals surface area (Å²) in [5.41, 5.74) is 8.40. The van der Waals surface area contributed by atoms with Crippen LogP contribution in [0.3, 0.4) is 0 Å². The van der Waals surface area contributed by atoms with Gasteiger partial charge in [-0.1, -0.05) is 18.2 Å². The molecular weight excluding hydrogens is 382 g/mol. The number of carbonyl (C=O) groups is 2. The van der Waals surface area contributed by atoms with E-state index in [1.54, 1.807) is 4.68 Å². The third-order valence-electron chi connectivity index (χ3n) is 3.77. The van der Waals surface area contributed by atoms with E-state index in [0.29, 0.717) is 10.8 Å². The molecule has 2 heterocycles. The molecule has 1 unspecified atom stereocenters. The fourth-order valence-corrected chi connectivity index (χ4v) is 3.23. The Balaban J connectivity index is 1.75. The number of thiazole rings is 1. The number of methoxy groups -OCH3 is 1. The highest BCUT2D eigenvalue weighted by molar-refractivity contribution is 7.14. The fourth-order valence-electron chi connectivity index (χ4n) is 2.51. The van der Waals surface area contributed by atoms with E-state index in [-0.39, 0.29) is 6.61 Å². The van der Waals surface area contributed by atoms with E-state index in [9.17, 15) is 9.59 Å². The van der Waals surface area contributed by atoms with Crippen LogP contribution in [-0.4, -0.2) is 46.6 Å². The van der Waals surface area contributed by atoms with Crippen molar-refractivity contribution in [2.45, 2.75) is 6.10 Å². The van der Waals surface area contributed by atoms with Crippen molar-refractivity contribution < 1.29 is 19.1 Å². The largest absolute Gasteiger partial charge is 0.434 e. The van der Waals surface area contributed by atoms with Crippen molar-refractivity contribution in [2.24, 2.45) is 12.8 Å². The minimum Gasteiger partial charge on any atom is -0.434 e. The first-order chi connectivity index (χ1) is 13.5. The van der Waals surface area contributed by atoms with Gasteiger partial charge in [-0.15, -0.1) is 11.3 Å². The molecule has 9 nitrogen and oxygen atoms in total. The number of hydrogen-bond donors (Lipinski definition) is 2. The lowest BCUT2D eigenvalue weighted by atomic mass is 10.1. The molecule has 0 spiro atoms. The van der Waals surface area contributed by atoms with Crippen LogP contribution in [0.25, 0.3) is 22.5 Å². The molecule has 1 atom stereocenters. The van der Waals surface area contributed by atoms with Crippen molar-refractivity contribution in [1.82, 2.24) is 14.8 Å². The Morgan fingerprint density at radius 3 is 2.68 bits per heavy atom. The molecule has 0 aliphatic heterocycles. The third-order valence-corrected chi connectivity index (χ3v) is 4.53. The van der Waals surface area contributed by atoms with Crippen LogP contribution in [0.1, 0.15) is 0 Å². The van der Waals surface area contributed by atoms with Gasteiger partial charge in [0.2, 0.25) is 6.10 Å². The summed E-state index contributed by atoms with van der Waals surface area (Å²) in [5, 5.41) is 9.21. The second kappa shape index (κ2) is 8.63.